The van der Waals surface area contributed by atoms with Gasteiger partial charge in [0.15, 0.2) is 0 Å². The molecule has 0 bridgehead atoms. The van der Waals surface area contributed by atoms with Crippen LogP contribution in [-0.4, -0.2) is 106 Å². The number of likely N-dealkylation sites (N-methyl/N-ethyl adjacent to an activating group) is 3. The van der Waals surface area contributed by atoms with Gasteiger partial charge >= 0.3 is 0 Å². The summed E-state index contributed by atoms with van der Waals surface area (Å²) in [4.78, 5) is 7.64. The molecule has 4 nitrogen and oxygen atoms in total. The molecule has 0 aliphatic carbocycles. The molecule has 19 heavy (non-hydrogen) atoms. The summed E-state index contributed by atoms with van der Waals surface area (Å²) >= 11 is 0. The van der Waals surface area contributed by atoms with E-state index in [1.54, 1.807) is 0 Å². The highest BCUT2D eigenvalue weighted by Gasteiger charge is 2.14. The zero-order valence-electron chi connectivity index (χ0n) is 13.9. The second-order valence-electron chi connectivity index (χ2n) is 6.95. The molecule has 1 fully saturated rings. The van der Waals surface area contributed by atoms with Crippen LogP contribution in [0.3, 0.4) is 0 Å². The van der Waals surface area contributed by atoms with Crippen molar-refractivity contribution in [2.75, 3.05) is 87.1 Å². The third-order valence-electron chi connectivity index (χ3n) is 4.08. The second kappa shape index (κ2) is 8.20. The van der Waals surface area contributed by atoms with Crippen molar-refractivity contribution in [3.8, 4) is 0 Å². The number of hydrogen-bond acceptors (Lipinski definition) is 3. The highest BCUT2D eigenvalue weighted by atomic mass is 15.3. The van der Waals surface area contributed by atoms with Gasteiger partial charge in [-0.05, 0) is 33.1 Å². The third-order valence-corrected chi connectivity index (χ3v) is 4.08. The van der Waals surface area contributed by atoms with E-state index < -0.39 is 0 Å². The Hall–Kier alpha value is -0.160. The molecule has 0 saturated carbocycles. The minimum Gasteiger partial charge on any atom is -0.330 e. The fraction of sp³-hybridized carbons (Fsp3) is 1.00. The maximum absolute atomic E-state index is 2.62. The standard InChI is InChI=1S/C15H35N4/c1-6-17(14-15-19(3,4)5)8-7-9-18-12-10-16(2)11-13-18/h6-15H2,1-5H3/q+1. The van der Waals surface area contributed by atoms with Crippen LogP contribution in [0.1, 0.15) is 13.3 Å². The molecule has 0 N–H and O–H groups in total. The molecule has 0 aromatic heterocycles. The molecule has 114 valence electrons. The van der Waals surface area contributed by atoms with Crippen molar-refractivity contribution in [1.82, 2.24) is 14.7 Å². The summed E-state index contributed by atoms with van der Waals surface area (Å²) in [6.07, 6.45) is 1.31. The average molecular weight is 271 g/mol. The van der Waals surface area contributed by atoms with Crippen LogP contribution in [0.15, 0.2) is 0 Å². The largest absolute Gasteiger partial charge is 0.330 e. The Morgan fingerprint density at radius 1 is 1.00 bits per heavy atom. The van der Waals surface area contributed by atoms with E-state index in [9.17, 15) is 0 Å². The summed E-state index contributed by atoms with van der Waals surface area (Å²) < 4.78 is 1.06. The van der Waals surface area contributed by atoms with Crippen LogP contribution in [-0.2, 0) is 0 Å². The molecule has 1 rings (SSSR count). The van der Waals surface area contributed by atoms with Gasteiger partial charge in [0.25, 0.3) is 0 Å². The van der Waals surface area contributed by atoms with Crippen molar-refractivity contribution in [2.45, 2.75) is 13.3 Å². The number of rotatable bonds is 8. The second-order valence-corrected chi connectivity index (χ2v) is 6.95. The molecule has 4 heteroatoms. The van der Waals surface area contributed by atoms with Crippen molar-refractivity contribution in [3.05, 3.63) is 0 Å². The van der Waals surface area contributed by atoms with Crippen LogP contribution in [0.5, 0.6) is 0 Å². The van der Waals surface area contributed by atoms with E-state index in [0.29, 0.717) is 0 Å². The zero-order chi connectivity index (χ0) is 14.3. The Morgan fingerprint density at radius 3 is 2.16 bits per heavy atom. The first-order valence-electron chi connectivity index (χ1n) is 7.84. The molecular weight excluding hydrogens is 236 g/mol. The predicted octanol–water partition coefficient (Wildman–Crippen LogP) is 0.652. The summed E-state index contributed by atoms with van der Waals surface area (Å²) in [7, 11) is 9.05. The SMILES string of the molecule is CCN(CCCN1CCN(C)CC1)CC[N+](C)(C)C. The molecule has 0 radical (unpaired) electrons. The number of piperazine rings is 1. The van der Waals surface area contributed by atoms with Crippen molar-refractivity contribution in [2.24, 2.45) is 0 Å². The molecule has 1 heterocycles. The van der Waals surface area contributed by atoms with Gasteiger partial charge in [0.05, 0.1) is 27.7 Å². The fourth-order valence-electron chi connectivity index (χ4n) is 2.46. The van der Waals surface area contributed by atoms with Crippen LogP contribution >= 0.6 is 0 Å². The Bertz CT molecular complexity index is 229. The summed E-state index contributed by atoms with van der Waals surface area (Å²) in [5.74, 6) is 0. The summed E-state index contributed by atoms with van der Waals surface area (Å²) in [6.45, 7) is 13.4. The highest BCUT2D eigenvalue weighted by Crippen LogP contribution is 2.02. The minimum absolute atomic E-state index is 1.06. The Balaban J connectivity index is 2.12. The molecule has 1 aliphatic rings. The van der Waals surface area contributed by atoms with Crippen LogP contribution in [0, 0.1) is 0 Å². The van der Waals surface area contributed by atoms with Gasteiger partial charge in [-0.1, -0.05) is 6.92 Å². The normalized spacial score (nSPS) is 19.3. The van der Waals surface area contributed by atoms with Crippen LogP contribution in [0.4, 0.5) is 0 Å². The van der Waals surface area contributed by atoms with Crippen molar-refractivity contribution >= 4 is 0 Å². The van der Waals surface area contributed by atoms with Gasteiger partial charge in [0.1, 0.15) is 0 Å². The lowest BCUT2D eigenvalue weighted by molar-refractivity contribution is -0.869. The number of nitrogens with zero attached hydrogens (tertiary/aromatic N) is 4. The minimum atomic E-state index is 1.06. The Labute approximate surface area is 120 Å². The Morgan fingerprint density at radius 2 is 1.63 bits per heavy atom. The first-order chi connectivity index (χ1) is 8.90. The summed E-state index contributed by atoms with van der Waals surface area (Å²) in [6, 6.07) is 0. The lowest BCUT2D eigenvalue weighted by Crippen LogP contribution is -2.45. The van der Waals surface area contributed by atoms with E-state index in [-0.39, 0.29) is 0 Å². The van der Waals surface area contributed by atoms with Gasteiger partial charge in [-0.2, -0.15) is 0 Å². The van der Waals surface area contributed by atoms with Crippen LogP contribution in [0.25, 0.3) is 0 Å². The molecule has 0 spiro atoms. The molecule has 0 aromatic rings. The average Bonchev–Trinajstić information content (AvgIpc) is 2.34. The first kappa shape index (κ1) is 16.9. The van der Waals surface area contributed by atoms with Crippen molar-refractivity contribution in [1.29, 1.82) is 0 Å². The van der Waals surface area contributed by atoms with Crippen LogP contribution in [0.2, 0.25) is 0 Å². The van der Waals surface area contributed by atoms with Gasteiger partial charge in [-0.15, -0.1) is 0 Å². The smallest absolute Gasteiger partial charge is 0.0909 e. The van der Waals surface area contributed by atoms with E-state index in [0.717, 1.165) is 4.48 Å². The lowest BCUT2D eigenvalue weighted by Gasteiger charge is -2.33. The predicted molar refractivity (Wildman–Crippen MR) is 83.6 cm³/mol. The van der Waals surface area contributed by atoms with E-state index in [4.69, 9.17) is 0 Å². The monoisotopic (exact) mass is 271 g/mol. The molecule has 1 aliphatic heterocycles. The third kappa shape index (κ3) is 7.88. The van der Waals surface area contributed by atoms with Gasteiger partial charge in [0, 0.05) is 32.7 Å². The van der Waals surface area contributed by atoms with Gasteiger partial charge in [-0.25, -0.2) is 0 Å². The zero-order valence-corrected chi connectivity index (χ0v) is 13.9. The lowest BCUT2D eigenvalue weighted by atomic mass is 10.3. The molecule has 0 atom stereocenters. The molecular formula is C15H35N4+. The quantitative estimate of drug-likeness (QED) is 0.600. The van der Waals surface area contributed by atoms with Gasteiger partial charge < -0.3 is 14.3 Å². The molecule has 1 saturated heterocycles. The fourth-order valence-corrected chi connectivity index (χ4v) is 2.46. The van der Waals surface area contributed by atoms with Gasteiger partial charge in [-0.3, -0.25) is 4.90 Å². The number of quaternary nitrogens is 1. The first-order valence-corrected chi connectivity index (χ1v) is 7.84. The molecule has 0 amide bonds. The van der Waals surface area contributed by atoms with Gasteiger partial charge in [0.2, 0.25) is 0 Å². The maximum Gasteiger partial charge on any atom is 0.0909 e. The topological polar surface area (TPSA) is 9.72 Å². The number of hydrogen-bond donors (Lipinski definition) is 0. The maximum atomic E-state index is 2.62. The van der Waals surface area contributed by atoms with E-state index >= 15 is 0 Å². The highest BCUT2D eigenvalue weighted by molar-refractivity contribution is 4.69. The van der Waals surface area contributed by atoms with E-state index in [1.807, 2.05) is 0 Å². The van der Waals surface area contributed by atoms with E-state index in [2.05, 4.69) is 49.8 Å². The molecule has 0 aromatic carbocycles. The Kier molecular flexibility index (Phi) is 7.29. The summed E-state index contributed by atoms with van der Waals surface area (Å²) in [5.41, 5.74) is 0. The van der Waals surface area contributed by atoms with Crippen molar-refractivity contribution < 1.29 is 4.48 Å². The van der Waals surface area contributed by atoms with E-state index in [1.165, 1.54) is 65.3 Å². The molecule has 0 unspecified atom stereocenters. The van der Waals surface area contributed by atoms with Crippen molar-refractivity contribution in [3.63, 3.8) is 0 Å². The summed E-state index contributed by atoms with van der Waals surface area (Å²) in [5, 5.41) is 0. The van der Waals surface area contributed by atoms with Crippen LogP contribution < -0.4 is 0 Å².